The second-order valence-electron chi connectivity index (χ2n) is 2.81. The molecule has 0 bridgehead atoms. The summed E-state index contributed by atoms with van der Waals surface area (Å²) in [5, 5.41) is 9.63. The molecule has 15 heavy (non-hydrogen) atoms. The van der Waals surface area contributed by atoms with Gasteiger partial charge in [0.15, 0.2) is 11.5 Å². The first kappa shape index (κ1) is 11.2. The molecule has 1 N–H and O–H groups in total. The zero-order valence-electron chi connectivity index (χ0n) is 8.98. The highest BCUT2D eigenvalue weighted by atomic mass is 16.5. The largest absolute Gasteiger partial charge is 0.504 e. The summed E-state index contributed by atoms with van der Waals surface area (Å²) < 4.78 is 14.8. The standard InChI is InChI=1S/C11H14O4/c1-13-5-4-8-6-9(14-2)11(12)10(7-8)15-3/h4-7,12H,1-3H3. The maximum atomic E-state index is 9.63. The van der Waals surface area contributed by atoms with Gasteiger partial charge in [-0.1, -0.05) is 0 Å². The average molecular weight is 210 g/mol. The maximum absolute atomic E-state index is 9.63. The summed E-state index contributed by atoms with van der Waals surface area (Å²) in [6, 6.07) is 3.38. The first-order valence-electron chi connectivity index (χ1n) is 4.37. The number of methoxy groups -OCH3 is 3. The van der Waals surface area contributed by atoms with Crippen LogP contribution >= 0.6 is 0 Å². The van der Waals surface area contributed by atoms with E-state index in [0.717, 1.165) is 5.56 Å². The summed E-state index contributed by atoms with van der Waals surface area (Å²) in [6.45, 7) is 0. The molecule has 4 nitrogen and oxygen atoms in total. The third-order valence-corrected chi connectivity index (χ3v) is 1.90. The Labute approximate surface area is 88.7 Å². The molecule has 0 fully saturated rings. The van der Waals surface area contributed by atoms with Crippen molar-refractivity contribution >= 4 is 6.08 Å². The van der Waals surface area contributed by atoms with Crippen molar-refractivity contribution in [1.29, 1.82) is 0 Å². The normalized spacial score (nSPS) is 10.3. The van der Waals surface area contributed by atoms with Crippen molar-refractivity contribution in [2.45, 2.75) is 0 Å². The molecule has 4 heteroatoms. The highest BCUT2D eigenvalue weighted by Crippen LogP contribution is 2.37. The minimum atomic E-state index is -0.00503. The molecule has 0 saturated carbocycles. The smallest absolute Gasteiger partial charge is 0.200 e. The highest BCUT2D eigenvalue weighted by molar-refractivity contribution is 5.61. The molecule has 1 rings (SSSR count). The number of hydrogen-bond donors (Lipinski definition) is 1. The molecule has 0 aromatic heterocycles. The van der Waals surface area contributed by atoms with E-state index >= 15 is 0 Å². The summed E-state index contributed by atoms with van der Waals surface area (Å²) in [5.41, 5.74) is 0.823. The SMILES string of the molecule is COC=Cc1cc(OC)c(O)c(OC)c1. The monoisotopic (exact) mass is 210 g/mol. The van der Waals surface area contributed by atoms with Gasteiger partial charge in [-0.25, -0.2) is 0 Å². The third-order valence-electron chi connectivity index (χ3n) is 1.90. The lowest BCUT2D eigenvalue weighted by atomic mass is 10.2. The fourth-order valence-corrected chi connectivity index (χ4v) is 1.16. The van der Waals surface area contributed by atoms with Gasteiger partial charge in [0.05, 0.1) is 27.6 Å². The van der Waals surface area contributed by atoms with E-state index < -0.39 is 0 Å². The van der Waals surface area contributed by atoms with E-state index in [-0.39, 0.29) is 5.75 Å². The summed E-state index contributed by atoms with van der Waals surface area (Å²) in [7, 11) is 4.53. The highest BCUT2D eigenvalue weighted by Gasteiger charge is 2.09. The van der Waals surface area contributed by atoms with Crippen molar-refractivity contribution in [3.05, 3.63) is 24.0 Å². The summed E-state index contributed by atoms with van der Waals surface area (Å²) in [4.78, 5) is 0. The van der Waals surface area contributed by atoms with E-state index in [2.05, 4.69) is 0 Å². The van der Waals surface area contributed by atoms with Crippen molar-refractivity contribution in [2.75, 3.05) is 21.3 Å². The minimum Gasteiger partial charge on any atom is -0.504 e. The predicted octanol–water partition coefficient (Wildman–Crippen LogP) is 2.03. The molecule has 0 atom stereocenters. The second-order valence-corrected chi connectivity index (χ2v) is 2.81. The zero-order valence-corrected chi connectivity index (χ0v) is 8.98. The Morgan fingerprint density at radius 3 is 2.00 bits per heavy atom. The molecule has 0 unspecified atom stereocenters. The number of rotatable bonds is 4. The van der Waals surface area contributed by atoms with Crippen LogP contribution in [-0.2, 0) is 4.74 Å². The van der Waals surface area contributed by atoms with E-state index in [4.69, 9.17) is 14.2 Å². The van der Waals surface area contributed by atoms with Gasteiger partial charge in [-0.05, 0) is 23.8 Å². The van der Waals surface area contributed by atoms with Crippen LogP contribution in [0.5, 0.6) is 17.2 Å². The Bertz CT molecular complexity index is 333. The Morgan fingerprint density at radius 2 is 1.60 bits per heavy atom. The van der Waals surface area contributed by atoms with Crippen LogP contribution < -0.4 is 9.47 Å². The predicted molar refractivity (Wildman–Crippen MR) is 57.3 cm³/mol. The molecule has 0 aliphatic carbocycles. The summed E-state index contributed by atoms with van der Waals surface area (Å²) in [5.74, 6) is 0.727. The van der Waals surface area contributed by atoms with Gasteiger partial charge in [0.2, 0.25) is 5.75 Å². The number of hydrogen-bond acceptors (Lipinski definition) is 4. The van der Waals surface area contributed by atoms with Crippen molar-refractivity contribution in [1.82, 2.24) is 0 Å². The Hall–Kier alpha value is -1.84. The van der Waals surface area contributed by atoms with Crippen molar-refractivity contribution in [3.8, 4) is 17.2 Å². The van der Waals surface area contributed by atoms with Crippen molar-refractivity contribution in [3.63, 3.8) is 0 Å². The molecular formula is C11H14O4. The molecule has 0 spiro atoms. The van der Waals surface area contributed by atoms with Crippen LogP contribution in [0.4, 0.5) is 0 Å². The zero-order chi connectivity index (χ0) is 11.3. The summed E-state index contributed by atoms with van der Waals surface area (Å²) in [6.07, 6.45) is 3.27. The van der Waals surface area contributed by atoms with Crippen LogP contribution in [0.15, 0.2) is 18.4 Å². The fraction of sp³-hybridized carbons (Fsp3) is 0.273. The Balaban J connectivity index is 3.14. The van der Waals surface area contributed by atoms with Gasteiger partial charge in [0.1, 0.15) is 0 Å². The van der Waals surface area contributed by atoms with Crippen LogP contribution in [-0.4, -0.2) is 26.4 Å². The van der Waals surface area contributed by atoms with Gasteiger partial charge in [-0.2, -0.15) is 0 Å². The molecule has 0 saturated heterocycles. The topological polar surface area (TPSA) is 47.9 Å². The third kappa shape index (κ3) is 2.56. The van der Waals surface area contributed by atoms with E-state index in [0.29, 0.717) is 11.5 Å². The van der Waals surface area contributed by atoms with E-state index in [1.807, 2.05) is 0 Å². The van der Waals surface area contributed by atoms with Crippen LogP contribution in [0, 0.1) is 0 Å². The van der Waals surface area contributed by atoms with Crippen LogP contribution in [0.3, 0.4) is 0 Å². The lowest BCUT2D eigenvalue weighted by Gasteiger charge is -2.09. The van der Waals surface area contributed by atoms with Gasteiger partial charge in [0, 0.05) is 0 Å². The maximum Gasteiger partial charge on any atom is 0.200 e. The number of phenolic OH excluding ortho intramolecular Hbond substituents is 1. The fourth-order valence-electron chi connectivity index (χ4n) is 1.16. The molecule has 1 aromatic carbocycles. The van der Waals surface area contributed by atoms with E-state index in [9.17, 15) is 5.11 Å². The lowest BCUT2D eigenvalue weighted by Crippen LogP contribution is -1.90. The molecule has 0 aliphatic rings. The first-order valence-corrected chi connectivity index (χ1v) is 4.37. The van der Waals surface area contributed by atoms with Gasteiger partial charge in [0.25, 0.3) is 0 Å². The first-order chi connectivity index (χ1) is 7.22. The van der Waals surface area contributed by atoms with Crippen LogP contribution in [0.2, 0.25) is 0 Å². The number of benzene rings is 1. The molecule has 1 aromatic rings. The van der Waals surface area contributed by atoms with Gasteiger partial charge in [-0.15, -0.1) is 0 Å². The number of phenols is 1. The Morgan fingerprint density at radius 1 is 1.07 bits per heavy atom. The number of ether oxygens (including phenoxy) is 3. The molecular weight excluding hydrogens is 196 g/mol. The second kappa shape index (κ2) is 5.14. The van der Waals surface area contributed by atoms with E-state index in [1.54, 1.807) is 25.3 Å². The lowest BCUT2D eigenvalue weighted by molar-refractivity contribution is 0.338. The quantitative estimate of drug-likeness (QED) is 0.772. The van der Waals surface area contributed by atoms with E-state index in [1.165, 1.54) is 20.5 Å². The molecule has 82 valence electrons. The van der Waals surface area contributed by atoms with Gasteiger partial charge in [-0.3, -0.25) is 0 Å². The number of aromatic hydroxyl groups is 1. The van der Waals surface area contributed by atoms with Crippen LogP contribution in [0.25, 0.3) is 6.08 Å². The van der Waals surface area contributed by atoms with Crippen LogP contribution in [0.1, 0.15) is 5.56 Å². The molecule has 0 heterocycles. The molecule has 0 radical (unpaired) electrons. The average Bonchev–Trinajstić information content (AvgIpc) is 2.27. The van der Waals surface area contributed by atoms with Gasteiger partial charge < -0.3 is 19.3 Å². The van der Waals surface area contributed by atoms with Crippen molar-refractivity contribution in [2.24, 2.45) is 0 Å². The molecule has 0 aliphatic heterocycles. The molecule has 0 amide bonds. The van der Waals surface area contributed by atoms with Gasteiger partial charge >= 0.3 is 0 Å². The van der Waals surface area contributed by atoms with Crippen molar-refractivity contribution < 1.29 is 19.3 Å². The summed E-state index contributed by atoms with van der Waals surface area (Å²) >= 11 is 0. The minimum absolute atomic E-state index is 0.00503. The Kier molecular flexibility index (Phi) is 3.85.